The van der Waals surface area contributed by atoms with Crippen molar-refractivity contribution in [2.45, 2.75) is 38.3 Å². The zero-order valence-electron chi connectivity index (χ0n) is 11.5. The SMILES string of the molecule is CCC1CCNC(CNCC(COC)OC)C1. The normalized spacial score (nSPS) is 27.0. The molecule has 0 aromatic rings. The first-order chi connectivity index (χ1) is 8.30. The van der Waals surface area contributed by atoms with Crippen LogP contribution in [0.2, 0.25) is 0 Å². The fraction of sp³-hybridized carbons (Fsp3) is 1.00. The molecule has 0 amide bonds. The van der Waals surface area contributed by atoms with Gasteiger partial charge in [0.15, 0.2) is 0 Å². The van der Waals surface area contributed by atoms with Crippen LogP contribution in [0.5, 0.6) is 0 Å². The minimum atomic E-state index is 0.158. The lowest BCUT2D eigenvalue weighted by atomic mass is 9.90. The molecule has 0 radical (unpaired) electrons. The van der Waals surface area contributed by atoms with Crippen molar-refractivity contribution < 1.29 is 9.47 Å². The first kappa shape index (κ1) is 14.9. The Labute approximate surface area is 105 Å². The highest BCUT2D eigenvalue weighted by Gasteiger charge is 2.19. The van der Waals surface area contributed by atoms with Gasteiger partial charge in [-0.25, -0.2) is 0 Å². The highest BCUT2D eigenvalue weighted by molar-refractivity contribution is 4.79. The van der Waals surface area contributed by atoms with Crippen molar-refractivity contribution >= 4 is 0 Å². The summed E-state index contributed by atoms with van der Waals surface area (Å²) >= 11 is 0. The van der Waals surface area contributed by atoms with Crippen molar-refractivity contribution in [3.63, 3.8) is 0 Å². The highest BCUT2D eigenvalue weighted by atomic mass is 16.5. The van der Waals surface area contributed by atoms with E-state index in [2.05, 4.69) is 17.6 Å². The molecule has 0 saturated carbocycles. The molecule has 3 unspecified atom stereocenters. The molecule has 0 spiro atoms. The molecule has 1 aliphatic rings. The Hall–Kier alpha value is -0.160. The number of ether oxygens (including phenoxy) is 2. The van der Waals surface area contributed by atoms with E-state index in [0.29, 0.717) is 12.6 Å². The van der Waals surface area contributed by atoms with Crippen LogP contribution in [0.3, 0.4) is 0 Å². The molecule has 1 fully saturated rings. The third-order valence-electron chi connectivity index (χ3n) is 3.63. The van der Waals surface area contributed by atoms with Crippen molar-refractivity contribution in [3.8, 4) is 0 Å². The van der Waals surface area contributed by atoms with E-state index in [1.807, 2.05) is 0 Å². The lowest BCUT2D eigenvalue weighted by Crippen LogP contribution is -2.46. The van der Waals surface area contributed by atoms with Gasteiger partial charge in [-0.3, -0.25) is 0 Å². The minimum Gasteiger partial charge on any atom is -0.382 e. The first-order valence-electron chi connectivity index (χ1n) is 6.76. The van der Waals surface area contributed by atoms with E-state index in [4.69, 9.17) is 9.47 Å². The Balaban J connectivity index is 2.12. The second-order valence-corrected chi connectivity index (χ2v) is 4.92. The maximum atomic E-state index is 5.31. The zero-order valence-corrected chi connectivity index (χ0v) is 11.5. The Morgan fingerprint density at radius 3 is 2.88 bits per heavy atom. The molecular weight excluding hydrogens is 216 g/mol. The topological polar surface area (TPSA) is 42.5 Å². The number of hydrogen-bond donors (Lipinski definition) is 2. The predicted molar refractivity (Wildman–Crippen MR) is 70.3 cm³/mol. The molecule has 102 valence electrons. The van der Waals surface area contributed by atoms with Gasteiger partial charge in [-0.05, 0) is 25.3 Å². The lowest BCUT2D eigenvalue weighted by molar-refractivity contribution is 0.0285. The zero-order chi connectivity index (χ0) is 12.5. The van der Waals surface area contributed by atoms with Gasteiger partial charge in [-0.2, -0.15) is 0 Å². The third kappa shape index (κ3) is 5.82. The van der Waals surface area contributed by atoms with Gasteiger partial charge in [0, 0.05) is 33.4 Å². The monoisotopic (exact) mass is 244 g/mol. The number of piperidine rings is 1. The molecule has 2 N–H and O–H groups in total. The van der Waals surface area contributed by atoms with Crippen molar-refractivity contribution in [3.05, 3.63) is 0 Å². The van der Waals surface area contributed by atoms with Crippen LogP contribution in [-0.2, 0) is 9.47 Å². The fourth-order valence-electron chi connectivity index (χ4n) is 2.44. The Kier molecular flexibility index (Phi) is 7.77. The molecular formula is C13H28N2O2. The van der Waals surface area contributed by atoms with Gasteiger partial charge < -0.3 is 20.1 Å². The lowest BCUT2D eigenvalue weighted by Gasteiger charge is -2.30. The van der Waals surface area contributed by atoms with Crippen LogP contribution in [0.25, 0.3) is 0 Å². The van der Waals surface area contributed by atoms with Gasteiger partial charge in [0.1, 0.15) is 0 Å². The van der Waals surface area contributed by atoms with Crippen LogP contribution in [0.4, 0.5) is 0 Å². The maximum Gasteiger partial charge on any atom is 0.0928 e. The summed E-state index contributed by atoms with van der Waals surface area (Å²) in [5, 5.41) is 7.04. The van der Waals surface area contributed by atoms with Crippen LogP contribution < -0.4 is 10.6 Å². The van der Waals surface area contributed by atoms with Crippen LogP contribution in [-0.4, -0.2) is 52.6 Å². The molecule has 4 nitrogen and oxygen atoms in total. The van der Waals surface area contributed by atoms with E-state index in [1.165, 1.54) is 19.3 Å². The molecule has 1 saturated heterocycles. The van der Waals surface area contributed by atoms with E-state index in [-0.39, 0.29) is 6.10 Å². The second-order valence-electron chi connectivity index (χ2n) is 4.92. The molecule has 4 heteroatoms. The Bertz CT molecular complexity index is 190. The van der Waals surface area contributed by atoms with Gasteiger partial charge in [0.25, 0.3) is 0 Å². The molecule has 1 heterocycles. The van der Waals surface area contributed by atoms with E-state index in [9.17, 15) is 0 Å². The number of nitrogens with one attached hydrogen (secondary N) is 2. The van der Waals surface area contributed by atoms with Crippen molar-refractivity contribution in [1.82, 2.24) is 10.6 Å². The fourth-order valence-corrected chi connectivity index (χ4v) is 2.44. The van der Waals surface area contributed by atoms with Gasteiger partial charge in [-0.1, -0.05) is 13.3 Å². The molecule has 0 aromatic carbocycles. The Morgan fingerprint density at radius 1 is 1.41 bits per heavy atom. The first-order valence-corrected chi connectivity index (χ1v) is 6.76. The third-order valence-corrected chi connectivity index (χ3v) is 3.63. The number of rotatable bonds is 8. The number of methoxy groups -OCH3 is 2. The minimum absolute atomic E-state index is 0.158. The van der Waals surface area contributed by atoms with Gasteiger partial charge in [0.2, 0.25) is 0 Å². The molecule has 1 aliphatic heterocycles. The quantitative estimate of drug-likeness (QED) is 0.669. The van der Waals surface area contributed by atoms with Crippen molar-refractivity contribution in [2.75, 3.05) is 40.5 Å². The van der Waals surface area contributed by atoms with Crippen LogP contribution >= 0.6 is 0 Å². The summed E-state index contributed by atoms with van der Waals surface area (Å²) in [5.41, 5.74) is 0. The molecule has 0 aromatic heterocycles. The van der Waals surface area contributed by atoms with Gasteiger partial charge >= 0.3 is 0 Å². The predicted octanol–water partition coefficient (Wildman–Crippen LogP) is 1.02. The molecule has 0 aliphatic carbocycles. The Morgan fingerprint density at radius 2 is 2.24 bits per heavy atom. The smallest absolute Gasteiger partial charge is 0.0928 e. The summed E-state index contributed by atoms with van der Waals surface area (Å²) in [6, 6.07) is 0.619. The van der Waals surface area contributed by atoms with E-state index in [0.717, 1.165) is 25.6 Å². The summed E-state index contributed by atoms with van der Waals surface area (Å²) in [7, 11) is 3.44. The largest absolute Gasteiger partial charge is 0.382 e. The van der Waals surface area contributed by atoms with Gasteiger partial charge in [0.05, 0.1) is 12.7 Å². The summed E-state index contributed by atoms with van der Waals surface area (Å²) in [6.45, 7) is 6.00. The maximum absolute atomic E-state index is 5.31. The highest BCUT2D eigenvalue weighted by Crippen LogP contribution is 2.18. The molecule has 0 bridgehead atoms. The average Bonchev–Trinajstić information content (AvgIpc) is 2.38. The second kappa shape index (κ2) is 8.86. The molecule has 17 heavy (non-hydrogen) atoms. The van der Waals surface area contributed by atoms with Crippen LogP contribution in [0, 0.1) is 5.92 Å². The summed E-state index contributed by atoms with van der Waals surface area (Å²) < 4.78 is 10.4. The van der Waals surface area contributed by atoms with Gasteiger partial charge in [-0.15, -0.1) is 0 Å². The van der Waals surface area contributed by atoms with E-state index < -0.39 is 0 Å². The summed E-state index contributed by atoms with van der Waals surface area (Å²) in [4.78, 5) is 0. The molecule has 1 rings (SSSR count). The van der Waals surface area contributed by atoms with E-state index in [1.54, 1.807) is 14.2 Å². The summed E-state index contributed by atoms with van der Waals surface area (Å²) in [5.74, 6) is 0.903. The number of hydrogen-bond acceptors (Lipinski definition) is 4. The van der Waals surface area contributed by atoms with E-state index >= 15 is 0 Å². The standard InChI is InChI=1S/C13H28N2O2/c1-4-11-5-6-15-12(7-11)8-14-9-13(17-3)10-16-2/h11-15H,4-10H2,1-3H3. The van der Waals surface area contributed by atoms with Crippen molar-refractivity contribution in [2.24, 2.45) is 5.92 Å². The summed E-state index contributed by atoms with van der Waals surface area (Å²) in [6.07, 6.45) is 4.09. The van der Waals surface area contributed by atoms with Crippen LogP contribution in [0.15, 0.2) is 0 Å². The average molecular weight is 244 g/mol. The molecule has 3 atom stereocenters. The van der Waals surface area contributed by atoms with Crippen LogP contribution in [0.1, 0.15) is 26.2 Å². The van der Waals surface area contributed by atoms with Crippen molar-refractivity contribution in [1.29, 1.82) is 0 Å².